The number of halogens is 8. The van der Waals surface area contributed by atoms with Crippen LogP contribution in [0.1, 0.15) is 55.3 Å². The number of nitrogens with zero attached hydrogens (tertiary/aromatic N) is 4. The Bertz CT molecular complexity index is 1900. The average molecular weight is 774 g/mol. The fourth-order valence-corrected chi connectivity index (χ4v) is 6.35. The molecule has 3 aromatic rings. The number of carbonyl (C=O) groups is 2. The van der Waals surface area contributed by atoms with Crippen molar-refractivity contribution >= 4 is 17.5 Å². The van der Waals surface area contributed by atoms with Crippen molar-refractivity contribution in [2.75, 3.05) is 38.8 Å². The fraction of sp³-hybridized carbons (Fsp3) is 0.429. The number of benzene rings is 2. The number of nitrogens with one attached hydrogen (secondary N) is 1. The summed E-state index contributed by atoms with van der Waals surface area (Å²) in [6, 6.07) is 4.50. The number of hydrazine groups is 1. The van der Waals surface area contributed by atoms with Crippen molar-refractivity contribution in [3.05, 3.63) is 82.5 Å². The molecule has 292 valence electrons. The van der Waals surface area contributed by atoms with Crippen molar-refractivity contribution in [2.24, 2.45) is 0 Å². The number of hydrogen-bond donors (Lipinski definition) is 3. The van der Waals surface area contributed by atoms with Crippen LogP contribution in [0.15, 0.2) is 54.1 Å². The summed E-state index contributed by atoms with van der Waals surface area (Å²) in [7, 11) is 1.42. The van der Waals surface area contributed by atoms with Crippen molar-refractivity contribution in [3.63, 3.8) is 0 Å². The van der Waals surface area contributed by atoms with Gasteiger partial charge < -0.3 is 25.0 Å². The number of carbonyl (C=O) groups excluding carboxylic acids is 2. The number of ether oxygens (including phenoxy) is 2. The second-order valence-electron chi connectivity index (χ2n) is 12.6. The van der Waals surface area contributed by atoms with Gasteiger partial charge in [0.05, 0.1) is 35.6 Å². The van der Waals surface area contributed by atoms with Crippen molar-refractivity contribution in [3.8, 4) is 17.0 Å². The second kappa shape index (κ2) is 16.2. The Hall–Kier alpha value is -4.88. The lowest BCUT2D eigenvalue weighted by Gasteiger charge is -2.48. The molecule has 3 N–H and O–H groups in total. The zero-order valence-electron chi connectivity index (χ0n) is 28.7. The Morgan fingerprint density at radius 1 is 0.944 bits per heavy atom. The number of aliphatic hydroxyl groups excluding tert-OH is 2. The van der Waals surface area contributed by atoms with Gasteiger partial charge in [-0.25, -0.2) is 19.4 Å². The Labute approximate surface area is 303 Å². The van der Waals surface area contributed by atoms with Gasteiger partial charge in [-0.2, -0.15) is 30.7 Å². The smallest absolute Gasteiger partial charge is 0.433 e. The summed E-state index contributed by atoms with van der Waals surface area (Å²) in [4.78, 5) is 34.7. The molecule has 19 heteroatoms. The van der Waals surface area contributed by atoms with Gasteiger partial charge in [0.25, 0.3) is 11.8 Å². The number of aromatic nitrogens is 2. The van der Waals surface area contributed by atoms with Gasteiger partial charge in [0.2, 0.25) is 5.82 Å². The van der Waals surface area contributed by atoms with Gasteiger partial charge in [-0.3, -0.25) is 14.6 Å². The highest BCUT2D eigenvalue weighted by atomic mass is 19.4. The quantitative estimate of drug-likeness (QED) is 0.100. The lowest BCUT2D eigenvalue weighted by Crippen LogP contribution is -2.62. The van der Waals surface area contributed by atoms with Crippen LogP contribution in [-0.2, 0) is 33.2 Å². The zero-order chi connectivity index (χ0) is 39.4. The topological polar surface area (TPSA) is 137 Å². The summed E-state index contributed by atoms with van der Waals surface area (Å²) in [6.07, 6.45) is -7.18. The molecule has 54 heavy (non-hydrogen) atoms. The van der Waals surface area contributed by atoms with Gasteiger partial charge in [-0.1, -0.05) is 18.9 Å². The maximum Gasteiger partial charge on any atom is 0.433 e. The van der Waals surface area contributed by atoms with Gasteiger partial charge in [0, 0.05) is 44.4 Å². The SMILES string of the molecule is CN1N(Cc2ccc(OCCCOCCCO)c(F)c2F)C(=O)C(C(=O)Nc2ccc(C(F)(F)F)cc2-c2cc(C(F)(F)F)ncn2)=C(O)C12CCCC2. The van der Waals surface area contributed by atoms with Gasteiger partial charge in [-0.05, 0) is 49.6 Å². The molecule has 2 amide bonds. The molecule has 1 saturated carbocycles. The van der Waals surface area contributed by atoms with E-state index in [-0.39, 0.29) is 38.2 Å². The number of likely N-dealkylation sites (N-methyl/N-ethyl adjacent to an activating group) is 1. The minimum atomic E-state index is -4.99. The summed E-state index contributed by atoms with van der Waals surface area (Å²) in [5, 5.41) is 24.8. The first-order valence-corrected chi connectivity index (χ1v) is 16.7. The van der Waals surface area contributed by atoms with E-state index in [1.54, 1.807) is 0 Å². The van der Waals surface area contributed by atoms with Crippen LogP contribution in [0.5, 0.6) is 5.75 Å². The summed E-state index contributed by atoms with van der Waals surface area (Å²) in [6.45, 7) is -0.112. The van der Waals surface area contributed by atoms with E-state index in [0.29, 0.717) is 56.8 Å². The molecule has 0 saturated heterocycles. The number of anilines is 1. The fourth-order valence-electron chi connectivity index (χ4n) is 6.35. The van der Waals surface area contributed by atoms with Crippen molar-refractivity contribution in [1.29, 1.82) is 0 Å². The van der Waals surface area contributed by atoms with Gasteiger partial charge in [0.15, 0.2) is 11.6 Å². The summed E-state index contributed by atoms with van der Waals surface area (Å²) >= 11 is 0. The molecule has 0 atom stereocenters. The molecule has 5 rings (SSSR count). The van der Waals surface area contributed by atoms with Crippen LogP contribution in [0.4, 0.5) is 40.8 Å². The number of hydrogen-bond acceptors (Lipinski definition) is 9. The lowest BCUT2D eigenvalue weighted by molar-refractivity contribution is -0.163. The van der Waals surface area contributed by atoms with E-state index in [1.165, 1.54) is 18.1 Å². The molecular weight excluding hydrogens is 738 g/mol. The molecule has 2 heterocycles. The number of aliphatic hydroxyl groups is 2. The monoisotopic (exact) mass is 773 g/mol. The highest BCUT2D eigenvalue weighted by Crippen LogP contribution is 2.45. The molecule has 11 nitrogen and oxygen atoms in total. The van der Waals surface area contributed by atoms with Gasteiger partial charge in [0.1, 0.15) is 23.4 Å². The van der Waals surface area contributed by atoms with E-state index in [9.17, 15) is 41.0 Å². The lowest BCUT2D eigenvalue weighted by atomic mass is 9.88. The molecule has 1 aliphatic carbocycles. The van der Waals surface area contributed by atoms with Crippen LogP contribution in [0.3, 0.4) is 0 Å². The van der Waals surface area contributed by atoms with E-state index < -0.39 is 93.2 Å². The molecule has 0 bridgehead atoms. The summed E-state index contributed by atoms with van der Waals surface area (Å²) in [5.41, 5.74) is -7.04. The Kier molecular flexibility index (Phi) is 12.1. The molecule has 2 aromatic carbocycles. The molecule has 0 radical (unpaired) electrons. The molecule has 1 fully saturated rings. The standard InChI is InChI=1S/C35H35F8N5O6/c1-47-33(10-2-3-11-33)30(50)27(32(52)48(47)18-20-6-9-25(29(37)28(20)36)54-15-5-14-53-13-4-12-49)31(51)46-23-8-7-21(34(38,39)40)16-22(23)24-17-26(35(41,42)43)45-19-44-24/h6-9,16-17,19,49-50H,2-5,10-15,18H2,1H3,(H,46,51). The number of alkyl halides is 6. The normalized spacial score (nSPS) is 16.4. The Morgan fingerprint density at radius 2 is 1.65 bits per heavy atom. The van der Waals surface area contributed by atoms with E-state index >= 15 is 8.78 Å². The predicted molar refractivity (Wildman–Crippen MR) is 174 cm³/mol. The molecule has 1 aliphatic heterocycles. The van der Waals surface area contributed by atoms with Crippen LogP contribution in [-0.4, -0.2) is 81.0 Å². The molecule has 1 aromatic heterocycles. The van der Waals surface area contributed by atoms with E-state index in [0.717, 1.165) is 17.1 Å². The van der Waals surface area contributed by atoms with Crippen LogP contribution in [0, 0.1) is 11.6 Å². The van der Waals surface area contributed by atoms with E-state index in [4.69, 9.17) is 14.6 Å². The second-order valence-corrected chi connectivity index (χ2v) is 12.6. The van der Waals surface area contributed by atoms with Crippen molar-refractivity contribution < 1.29 is 64.4 Å². The number of amides is 2. The molecule has 1 spiro atoms. The van der Waals surface area contributed by atoms with Crippen LogP contribution in [0.25, 0.3) is 11.3 Å². The van der Waals surface area contributed by atoms with Gasteiger partial charge in [-0.15, -0.1) is 0 Å². The largest absolute Gasteiger partial charge is 0.509 e. The maximum absolute atomic E-state index is 15.4. The van der Waals surface area contributed by atoms with Crippen LogP contribution in [0.2, 0.25) is 0 Å². The van der Waals surface area contributed by atoms with E-state index in [1.807, 2.05) is 0 Å². The third kappa shape index (κ3) is 8.42. The van der Waals surface area contributed by atoms with Crippen molar-refractivity contribution in [2.45, 2.75) is 63.0 Å². The molecular formula is C35H35F8N5O6. The Balaban J connectivity index is 1.45. The minimum Gasteiger partial charge on any atom is -0.509 e. The van der Waals surface area contributed by atoms with Gasteiger partial charge >= 0.3 is 12.4 Å². The zero-order valence-corrected chi connectivity index (χ0v) is 28.7. The van der Waals surface area contributed by atoms with Crippen molar-refractivity contribution in [1.82, 2.24) is 20.0 Å². The first-order valence-electron chi connectivity index (χ1n) is 16.7. The predicted octanol–water partition coefficient (Wildman–Crippen LogP) is 6.58. The highest BCUT2D eigenvalue weighted by Gasteiger charge is 2.53. The summed E-state index contributed by atoms with van der Waals surface area (Å²) < 4.78 is 123. The van der Waals surface area contributed by atoms with Crippen LogP contribution < -0.4 is 10.1 Å². The van der Waals surface area contributed by atoms with Crippen LogP contribution >= 0.6 is 0 Å². The third-order valence-electron chi connectivity index (χ3n) is 9.18. The first kappa shape index (κ1) is 40.3. The maximum atomic E-state index is 15.4. The average Bonchev–Trinajstić information content (AvgIpc) is 3.62. The molecule has 2 aliphatic rings. The number of rotatable bonds is 13. The minimum absolute atomic E-state index is 0.0192. The summed E-state index contributed by atoms with van der Waals surface area (Å²) in [5.74, 6) is -6.29. The third-order valence-corrected chi connectivity index (χ3v) is 9.18. The Morgan fingerprint density at radius 3 is 2.31 bits per heavy atom. The van der Waals surface area contributed by atoms with E-state index in [2.05, 4.69) is 15.3 Å². The molecule has 0 unspecified atom stereocenters. The highest BCUT2D eigenvalue weighted by molar-refractivity contribution is 6.24. The first-order chi connectivity index (χ1) is 25.5.